The smallest absolute Gasteiger partial charge is 0.405 e. The Morgan fingerprint density at radius 2 is 2.17 bits per heavy atom. The first kappa shape index (κ1) is 16.8. The zero-order valence-electron chi connectivity index (χ0n) is 12.8. The molecular weight excluding hydrogens is 323 g/mol. The highest BCUT2D eigenvalue weighted by Crippen LogP contribution is 2.33. The Kier molecular flexibility index (Phi) is 4.77. The Bertz CT molecular complexity index is 687. The maximum absolute atomic E-state index is 12.6. The highest BCUT2D eigenvalue weighted by molar-refractivity contribution is 5.36. The molecule has 2 unspecified atom stereocenters. The highest BCUT2D eigenvalue weighted by Gasteiger charge is 2.33. The lowest BCUT2D eigenvalue weighted by molar-refractivity contribution is -0.275. The van der Waals surface area contributed by atoms with Crippen molar-refractivity contribution >= 4 is 0 Å². The van der Waals surface area contributed by atoms with E-state index >= 15 is 0 Å². The van der Waals surface area contributed by atoms with Crippen LogP contribution in [0.4, 0.5) is 13.2 Å². The molecule has 0 spiro atoms. The molecule has 2 atom stereocenters. The summed E-state index contributed by atoms with van der Waals surface area (Å²) < 4.78 is 43.8. The number of benzene rings is 1. The number of fused-ring (bicyclic) bond motifs is 1. The molecule has 1 aliphatic rings. The molecule has 2 aromatic rings. The summed E-state index contributed by atoms with van der Waals surface area (Å²) in [5.74, 6) is 0.518. The van der Waals surface area contributed by atoms with E-state index in [-0.39, 0.29) is 24.0 Å². The molecule has 1 aromatic carbocycles. The molecule has 0 saturated heterocycles. The number of aromatic nitrogens is 2. The van der Waals surface area contributed by atoms with Gasteiger partial charge < -0.3 is 14.4 Å². The first-order valence-electron chi connectivity index (χ1n) is 7.70. The summed E-state index contributed by atoms with van der Waals surface area (Å²) >= 11 is 0. The van der Waals surface area contributed by atoms with Crippen molar-refractivity contribution in [3.05, 3.63) is 48.0 Å². The number of ether oxygens (including phenoxy) is 1. The molecule has 5 nitrogen and oxygen atoms in total. The molecular formula is C16H18F3N3O2. The molecule has 0 radical (unpaired) electrons. The number of aliphatic hydroxyl groups is 1. The van der Waals surface area contributed by atoms with Crippen LogP contribution in [-0.2, 0) is 6.54 Å². The average Bonchev–Trinajstić information content (AvgIpc) is 3.01. The van der Waals surface area contributed by atoms with E-state index in [0.29, 0.717) is 0 Å². The molecule has 0 amide bonds. The van der Waals surface area contributed by atoms with Crippen LogP contribution in [0.1, 0.15) is 36.3 Å². The SMILES string of the molecule is OCC(NC1CCCn2ccnc21)c1ccccc1OC(F)(F)F. The fourth-order valence-corrected chi connectivity index (χ4v) is 3.04. The summed E-state index contributed by atoms with van der Waals surface area (Å²) in [7, 11) is 0. The van der Waals surface area contributed by atoms with Gasteiger partial charge in [-0.1, -0.05) is 18.2 Å². The number of halogens is 3. The van der Waals surface area contributed by atoms with Crippen LogP contribution in [0, 0.1) is 0 Å². The second-order valence-electron chi connectivity index (χ2n) is 5.66. The maximum Gasteiger partial charge on any atom is 0.573 e. The van der Waals surface area contributed by atoms with E-state index in [1.165, 1.54) is 18.2 Å². The van der Waals surface area contributed by atoms with Gasteiger partial charge in [0.2, 0.25) is 0 Å². The largest absolute Gasteiger partial charge is 0.573 e. The molecule has 24 heavy (non-hydrogen) atoms. The van der Waals surface area contributed by atoms with Crippen LogP contribution in [-0.4, -0.2) is 27.6 Å². The molecule has 1 aromatic heterocycles. The summed E-state index contributed by atoms with van der Waals surface area (Å²) in [5, 5.41) is 12.9. The van der Waals surface area contributed by atoms with Crippen LogP contribution in [0.5, 0.6) is 5.75 Å². The van der Waals surface area contributed by atoms with Crippen molar-refractivity contribution in [2.24, 2.45) is 0 Å². The van der Waals surface area contributed by atoms with Gasteiger partial charge in [-0.05, 0) is 18.9 Å². The van der Waals surface area contributed by atoms with Gasteiger partial charge in [-0.25, -0.2) is 4.98 Å². The first-order chi connectivity index (χ1) is 11.5. The normalized spacial score (nSPS) is 18.9. The van der Waals surface area contributed by atoms with Crippen LogP contribution in [0.2, 0.25) is 0 Å². The van der Waals surface area contributed by atoms with Gasteiger partial charge in [-0.2, -0.15) is 0 Å². The maximum atomic E-state index is 12.6. The molecule has 2 heterocycles. The third kappa shape index (κ3) is 3.70. The van der Waals surface area contributed by atoms with Crippen molar-refractivity contribution in [1.82, 2.24) is 14.9 Å². The van der Waals surface area contributed by atoms with E-state index in [1.807, 2.05) is 10.8 Å². The van der Waals surface area contributed by atoms with E-state index in [9.17, 15) is 18.3 Å². The van der Waals surface area contributed by atoms with E-state index < -0.39 is 12.4 Å². The topological polar surface area (TPSA) is 59.3 Å². The summed E-state index contributed by atoms with van der Waals surface area (Å²) in [6.07, 6.45) is 0.523. The van der Waals surface area contributed by atoms with E-state index in [0.717, 1.165) is 25.2 Å². The minimum absolute atomic E-state index is 0.134. The standard InChI is InChI=1S/C16H18F3N3O2/c17-16(18,19)24-14-6-2-1-4-11(14)13(10-23)21-12-5-3-8-22-9-7-20-15(12)22/h1-2,4,6-7,9,12-13,21,23H,3,5,8,10H2. The van der Waals surface area contributed by atoms with Crippen molar-refractivity contribution in [3.8, 4) is 5.75 Å². The van der Waals surface area contributed by atoms with Crippen molar-refractivity contribution in [2.75, 3.05) is 6.61 Å². The molecule has 3 rings (SSSR count). The summed E-state index contributed by atoms with van der Waals surface area (Å²) in [5.41, 5.74) is 0.265. The fourth-order valence-electron chi connectivity index (χ4n) is 3.04. The zero-order valence-corrected chi connectivity index (χ0v) is 12.8. The molecule has 0 fully saturated rings. The van der Waals surface area contributed by atoms with Gasteiger partial charge in [-0.3, -0.25) is 5.32 Å². The zero-order chi connectivity index (χ0) is 17.2. The van der Waals surface area contributed by atoms with Gasteiger partial charge in [-0.15, -0.1) is 13.2 Å². The number of hydrogen-bond acceptors (Lipinski definition) is 4. The Morgan fingerprint density at radius 1 is 1.38 bits per heavy atom. The third-order valence-corrected chi connectivity index (χ3v) is 4.06. The monoisotopic (exact) mass is 341 g/mol. The number of alkyl halides is 3. The number of rotatable bonds is 5. The quantitative estimate of drug-likeness (QED) is 0.878. The Balaban J connectivity index is 1.83. The molecule has 130 valence electrons. The van der Waals surface area contributed by atoms with Crippen molar-refractivity contribution in [2.45, 2.75) is 37.8 Å². The lowest BCUT2D eigenvalue weighted by atomic mass is 10.0. The lowest BCUT2D eigenvalue weighted by Gasteiger charge is -2.29. The van der Waals surface area contributed by atoms with Gasteiger partial charge in [0.1, 0.15) is 11.6 Å². The number of imidazole rings is 1. The molecule has 0 saturated carbocycles. The number of para-hydroxylation sites is 1. The number of hydrogen-bond donors (Lipinski definition) is 2. The molecule has 8 heteroatoms. The molecule has 0 aliphatic carbocycles. The molecule has 1 aliphatic heterocycles. The lowest BCUT2D eigenvalue weighted by Crippen LogP contribution is -2.33. The van der Waals surface area contributed by atoms with Crippen LogP contribution in [0.15, 0.2) is 36.7 Å². The van der Waals surface area contributed by atoms with Crippen LogP contribution in [0.3, 0.4) is 0 Å². The predicted octanol–water partition coefficient (Wildman–Crippen LogP) is 2.94. The predicted molar refractivity (Wildman–Crippen MR) is 80.3 cm³/mol. The fraction of sp³-hybridized carbons (Fsp3) is 0.438. The minimum atomic E-state index is -4.78. The first-order valence-corrected chi connectivity index (χ1v) is 7.70. The highest BCUT2D eigenvalue weighted by atomic mass is 19.4. The van der Waals surface area contributed by atoms with Crippen LogP contribution < -0.4 is 10.1 Å². The Hall–Kier alpha value is -2.06. The molecule has 2 N–H and O–H groups in total. The van der Waals surface area contributed by atoms with Gasteiger partial charge in [0.15, 0.2) is 0 Å². The van der Waals surface area contributed by atoms with Crippen molar-refractivity contribution in [1.29, 1.82) is 0 Å². The number of aryl methyl sites for hydroxylation is 1. The third-order valence-electron chi connectivity index (χ3n) is 4.06. The molecule has 0 bridgehead atoms. The summed E-state index contributed by atoms with van der Waals surface area (Å²) in [6.45, 7) is 0.514. The van der Waals surface area contributed by atoms with Gasteiger partial charge in [0, 0.05) is 24.5 Å². The van der Waals surface area contributed by atoms with E-state index in [4.69, 9.17) is 0 Å². The van der Waals surface area contributed by atoms with E-state index in [2.05, 4.69) is 15.0 Å². The van der Waals surface area contributed by atoms with Gasteiger partial charge >= 0.3 is 6.36 Å². The minimum Gasteiger partial charge on any atom is -0.405 e. The number of aliphatic hydroxyl groups excluding tert-OH is 1. The number of nitrogens with one attached hydrogen (secondary N) is 1. The number of nitrogens with zero attached hydrogens (tertiary/aromatic N) is 2. The average molecular weight is 341 g/mol. The second-order valence-corrected chi connectivity index (χ2v) is 5.66. The second kappa shape index (κ2) is 6.82. The summed E-state index contributed by atoms with van der Waals surface area (Å²) in [6, 6.07) is 5.03. The van der Waals surface area contributed by atoms with Crippen LogP contribution in [0.25, 0.3) is 0 Å². The van der Waals surface area contributed by atoms with E-state index in [1.54, 1.807) is 12.3 Å². The van der Waals surface area contributed by atoms with Gasteiger partial charge in [0.25, 0.3) is 0 Å². The van der Waals surface area contributed by atoms with Gasteiger partial charge in [0.05, 0.1) is 18.7 Å². The summed E-state index contributed by atoms with van der Waals surface area (Å²) in [4.78, 5) is 4.31. The van der Waals surface area contributed by atoms with Crippen LogP contribution >= 0.6 is 0 Å². The van der Waals surface area contributed by atoms with Crippen molar-refractivity contribution < 1.29 is 23.0 Å². The Morgan fingerprint density at radius 3 is 2.92 bits per heavy atom. The Labute approximate surface area is 137 Å². The van der Waals surface area contributed by atoms with Crippen molar-refractivity contribution in [3.63, 3.8) is 0 Å².